The summed E-state index contributed by atoms with van der Waals surface area (Å²) in [7, 11) is 0. The molecular formula is C14H10BrClFN3. The minimum atomic E-state index is -0.271. The van der Waals surface area contributed by atoms with Crippen LogP contribution in [0.3, 0.4) is 0 Å². The third-order valence-corrected chi connectivity index (χ3v) is 3.56. The number of hydrogen-bond acceptors (Lipinski definition) is 2. The van der Waals surface area contributed by atoms with Gasteiger partial charge in [-0.25, -0.2) is 14.4 Å². The van der Waals surface area contributed by atoms with Crippen molar-refractivity contribution in [1.82, 2.24) is 14.5 Å². The van der Waals surface area contributed by atoms with Gasteiger partial charge in [-0.2, -0.15) is 0 Å². The average Bonchev–Trinajstić information content (AvgIpc) is 2.77. The maximum absolute atomic E-state index is 13.1. The number of rotatable bonds is 3. The molecule has 0 fully saturated rings. The van der Waals surface area contributed by atoms with Gasteiger partial charge in [0.05, 0.1) is 0 Å². The topological polar surface area (TPSA) is 30.7 Å². The summed E-state index contributed by atoms with van der Waals surface area (Å²) < 4.78 is 15.8. The largest absolute Gasteiger partial charge is 0.281 e. The van der Waals surface area contributed by atoms with Gasteiger partial charge < -0.3 is 0 Å². The summed E-state index contributed by atoms with van der Waals surface area (Å²) in [5, 5.41) is 0. The molecule has 2 heterocycles. The van der Waals surface area contributed by atoms with Crippen LogP contribution in [0, 0.1) is 5.82 Å². The van der Waals surface area contributed by atoms with Gasteiger partial charge in [0.1, 0.15) is 17.2 Å². The Hall–Kier alpha value is -1.46. The van der Waals surface area contributed by atoms with Crippen LogP contribution in [-0.4, -0.2) is 20.4 Å². The van der Waals surface area contributed by atoms with Gasteiger partial charge in [-0.3, -0.25) is 4.57 Å². The smallest absolute Gasteiger partial charge is 0.164 e. The van der Waals surface area contributed by atoms with Crippen LogP contribution >= 0.6 is 27.5 Å². The molecule has 3 nitrogen and oxygen atoms in total. The molecule has 0 N–H and O–H groups in total. The van der Waals surface area contributed by atoms with Gasteiger partial charge in [-0.05, 0) is 46.3 Å². The lowest BCUT2D eigenvalue weighted by molar-refractivity contribution is 0.627. The maximum atomic E-state index is 13.1. The molecule has 0 radical (unpaired) electrons. The van der Waals surface area contributed by atoms with Crippen molar-refractivity contribution >= 4 is 38.7 Å². The van der Waals surface area contributed by atoms with Crippen molar-refractivity contribution < 1.29 is 4.39 Å². The van der Waals surface area contributed by atoms with Crippen LogP contribution in [0.1, 0.15) is 5.82 Å². The molecule has 2 aromatic heterocycles. The molecule has 20 heavy (non-hydrogen) atoms. The summed E-state index contributed by atoms with van der Waals surface area (Å²) in [6.07, 6.45) is 2.33. The fourth-order valence-electron chi connectivity index (χ4n) is 2.10. The van der Waals surface area contributed by atoms with E-state index in [0.29, 0.717) is 12.3 Å². The standard InChI is InChI=1S/C14H10BrClFN3/c15-9-7-12-14(18-8-9)20(13(19-12)5-6-16)11-3-1-10(17)2-4-11/h1-4,7-8H,5-6H2. The van der Waals surface area contributed by atoms with E-state index in [2.05, 4.69) is 25.9 Å². The Morgan fingerprint density at radius 2 is 2.00 bits per heavy atom. The van der Waals surface area contributed by atoms with Gasteiger partial charge in [0.2, 0.25) is 0 Å². The molecule has 0 spiro atoms. The molecule has 0 aliphatic rings. The number of fused-ring (bicyclic) bond motifs is 1. The Morgan fingerprint density at radius 1 is 1.25 bits per heavy atom. The number of pyridine rings is 1. The van der Waals surface area contributed by atoms with E-state index in [1.807, 2.05) is 10.6 Å². The molecular weight excluding hydrogens is 345 g/mol. The number of aryl methyl sites for hydroxylation is 1. The lowest BCUT2D eigenvalue weighted by Gasteiger charge is -2.07. The number of nitrogens with zero attached hydrogens (tertiary/aromatic N) is 3. The summed E-state index contributed by atoms with van der Waals surface area (Å²) in [6.45, 7) is 0. The Balaban J connectivity index is 2.25. The highest BCUT2D eigenvalue weighted by Gasteiger charge is 2.13. The molecule has 0 aliphatic heterocycles. The Morgan fingerprint density at radius 3 is 2.70 bits per heavy atom. The first kappa shape index (κ1) is 13.5. The second kappa shape index (κ2) is 5.50. The molecule has 0 saturated carbocycles. The molecule has 0 unspecified atom stereocenters. The van der Waals surface area contributed by atoms with E-state index in [1.54, 1.807) is 18.3 Å². The van der Waals surface area contributed by atoms with Crippen LogP contribution in [0.25, 0.3) is 16.9 Å². The van der Waals surface area contributed by atoms with Crippen LogP contribution in [0.2, 0.25) is 0 Å². The van der Waals surface area contributed by atoms with Crippen LogP contribution in [0.4, 0.5) is 4.39 Å². The maximum Gasteiger partial charge on any atom is 0.164 e. The van der Waals surface area contributed by atoms with E-state index in [0.717, 1.165) is 27.1 Å². The number of halogens is 3. The number of alkyl halides is 1. The zero-order chi connectivity index (χ0) is 14.1. The fourth-order valence-corrected chi connectivity index (χ4v) is 2.59. The summed E-state index contributed by atoms with van der Waals surface area (Å²) in [5.74, 6) is 1.01. The molecule has 3 aromatic rings. The quantitative estimate of drug-likeness (QED) is 0.663. The van der Waals surface area contributed by atoms with Crippen LogP contribution in [-0.2, 0) is 6.42 Å². The summed E-state index contributed by atoms with van der Waals surface area (Å²) in [4.78, 5) is 8.95. The minimum absolute atomic E-state index is 0.271. The molecule has 0 aliphatic carbocycles. The molecule has 0 amide bonds. The van der Waals surface area contributed by atoms with E-state index in [-0.39, 0.29) is 5.82 Å². The Labute approximate surface area is 128 Å². The highest BCUT2D eigenvalue weighted by molar-refractivity contribution is 9.10. The monoisotopic (exact) mass is 353 g/mol. The van der Waals surface area contributed by atoms with Gasteiger partial charge in [-0.15, -0.1) is 11.6 Å². The van der Waals surface area contributed by atoms with Gasteiger partial charge in [0.15, 0.2) is 5.65 Å². The van der Waals surface area contributed by atoms with Crippen LogP contribution < -0.4 is 0 Å². The van der Waals surface area contributed by atoms with Crippen molar-refractivity contribution in [2.24, 2.45) is 0 Å². The second-order valence-electron chi connectivity index (χ2n) is 4.28. The molecule has 1 aromatic carbocycles. The SMILES string of the molecule is Fc1ccc(-n2c(CCCl)nc3cc(Br)cnc32)cc1. The van der Waals surface area contributed by atoms with E-state index in [9.17, 15) is 4.39 Å². The van der Waals surface area contributed by atoms with Crippen molar-refractivity contribution in [2.75, 3.05) is 5.88 Å². The first-order chi connectivity index (χ1) is 9.69. The zero-order valence-electron chi connectivity index (χ0n) is 10.4. The molecule has 0 atom stereocenters. The fraction of sp³-hybridized carbons (Fsp3) is 0.143. The van der Waals surface area contributed by atoms with Crippen molar-refractivity contribution in [2.45, 2.75) is 6.42 Å². The first-order valence-electron chi connectivity index (χ1n) is 6.04. The highest BCUT2D eigenvalue weighted by atomic mass is 79.9. The van der Waals surface area contributed by atoms with Crippen LogP contribution in [0.5, 0.6) is 0 Å². The highest BCUT2D eigenvalue weighted by Crippen LogP contribution is 2.23. The normalized spacial score (nSPS) is 11.2. The number of benzene rings is 1. The van der Waals surface area contributed by atoms with E-state index >= 15 is 0 Å². The predicted molar refractivity (Wildman–Crippen MR) is 80.9 cm³/mol. The molecule has 0 bridgehead atoms. The van der Waals surface area contributed by atoms with Crippen molar-refractivity contribution in [3.05, 3.63) is 52.6 Å². The van der Waals surface area contributed by atoms with Gasteiger partial charge in [0.25, 0.3) is 0 Å². The lowest BCUT2D eigenvalue weighted by atomic mass is 10.3. The van der Waals surface area contributed by atoms with Crippen molar-refractivity contribution in [3.63, 3.8) is 0 Å². The van der Waals surface area contributed by atoms with E-state index in [1.165, 1.54) is 12.1 Å². The molecule has 0 saturated heterocycles. The Bertz CT molecular complexity index is 755. The zero-order valence-corrected chi connectivity index (χ0v) is 12.7. The number of aromatic nitrogens is 3. The first-order valence-corrected chi connectivity index (χ1v) is 7.36. The minimum Gasteiger partial charge on any atom is -0.281 e. The summed E-state index contributed by atoms with van der Waals surface area (Å²) in [6, 6.07) is 8.16. The second-order valence-corrected chi connectivity index (χ2v) is 5.57. The third kappa shape index (κ3) is 2.43. The molecule has 6 heteroatoms. The summed E-state index contributed by atoms with van der Waals surface area (Å²) >= 11 is 9.22. The van der Waals surface area contributed by atoms with Crippen molar-refractivity contribution in [1.29, 1.82) is 0 Å². The molecule has 3 rings (SSSR count). The Kier molecular flexibility index (Phi) is 3.72. The van der Waals surface area contributed by atoms with Gasteiger partial charge >= 0.3 is 0 Å². The average molecular weight is 355 g/mol. The predicted octanol–water partition coefficient (Wildman–Crippen LogP) is 4.10. The number of hydrogen-bond donors (Lipinski definition) is 0. The number of imidazole rings is 1. The van der Waals surface area contributed by atoms with Gasteiger partial charge in [-0.1, -0.05) is 0 Å². The third-order valence-electron chi connectivity index (χ3n) is 2.94. The van der Waals surface area contributed by atoms with E-state index in [4.69, 9.17) is 11.6 Å². The summed E-state index contributed by atoms with van der Waals surface area (Å²) in [5.41, 5.74) is 2.34. The van der Waals surface area contributed by atoms with Crippen molar-refractivity contribution in [3.8, 4) is 5.69 Å². The lowest BCUT2D eigenvalue weighted by Crippen LogP contribution is -2.03. The van der Waals surface area contributed by atoms with Gasteiger partial charge in [0, 0.05) is 28.7 Å². The van der Waals surface area contributed by atoms with E-state index < -0.39 is 0 Å². The molecule has 102 valence electrons. The van der Waals surface area contributed by atoms with Crippen LogP contribution in [0.15, 0.2) is 41.0 Å².